The number of aromatic nitrogens is 3. The molecule has 0 radical (unpaired) electrons. The van der Waals surface area contributed by atoms with Crippen molar-refractivity contribution in [2.75, 3.05) is 11.5 Å². The molecule has 0 aromatic carbocycles. The number of carbonyl (C=O) groups is 1. The summed E-state index contributed by atoms with van der Waals surface area (Å²) in [5.41, 5.74) is 5.10. The van der Waals surface area contributed by atoms with Crippen molar-refractivity contribution in [3.8, 4) is 0 Å². The molecule has 0 spiro atoms. The molecule has 0 saturated carbocycles. The van der Waals surface area contributed by atoms with Crippen molar-refractivity contribution in [2.24, 2.45) is 0 Å². The van der Waals surface area contributed by atoms with Crippen molar-refractivity contribution in [1.82, 2.24) is 14.7 Å². The molecular weight excluding hydrogens is 256 g/mol. The molecule has 0 unspecified atom stereocenters. The molecule has 2 aromatic heterocycles. The molecule has 0 amide bonds. The van der Waals surface area contributed by atoms with Crippen LogP contribution in [0.5, 0.6) is 0 Å². The average molecular weight is 266 g/mol. The van der Waals surface area contributed by atoms with Crippen molar-refractivity contribution in [1.29, 1.82) is 0 Å². The zero-order valence-corrected chi connectivity index (χ0v) is 10.3. The van der Waals surface area contributed by atoms with E-state index >= 15 is 0 Å². The number of hydrogen-bond donors (Lipinski definition) is 1. The Morgan fingerprint density at radius 3 is 2.83 bits per heavy atom. The Bertz CT molecular complexity index is 634. The van der Waals surface area contributed by atoms with Crippen LogP contribution in [0.4, 0.5) is 5.82 Å². The summed E-state index contributed by atoms with van der Waals surface area (Å²) in [4.78, 5) is 30.9. The van der Waals surface area contributed by atoms with Crippen molar-refractivity contribution < 1.29 is 9.32 Å². The van der Waals surface area contributed by atoms with Crippen molar-refractivity contribution in [3.05, 3.63) is 34.6 Å². The first-order chi connectivity index (χ1) is 8.58. The molecule has 2 N–H and O–H groups in total. The Labute approximate surface area is 106 Å². The fraction of sp³-hybridized carbons (Fsp3) is 0.200. The van der Waals surface area contributed by atoms with E-state index in [1.165, 1.54) is 18.5 Å². The second-order valence-corrected chi connectivity index (χ2v) is 4.37. The summed E-state index contributed by atoms with van der Waals surface area (Å²) in [7, 11) is 0. The first-order valence-corrected chi connectivity index (χ1v) is 5.99. The van der Waals surface area contributed by atoms with Gasteiger partial charge in [0.05, 0.1) is 5.75 Å². The molecule has 0 aliphatic rings. The Hall–Kier alpha value is -2.09. The molecule has 18 heavy (non-hydrogen) atoms. The van der Waals surface area contributed by atoms with Crippen molar-refractivity contribution in [3.63, 3.8) is 0 Å². The van der Waals surface area contributed by atoms with Gasteiger partial charge in [0.1, 0.15) is 10.8 Å². The van der Waals surface area contributed by atoms with Gasteiger partial charge in [-0.3, -0.25) is 9.59 Å². The number of hydrogen-bond acceptors (Lipinski definition) is 7. The van der Waals surface area contributed by atoms with Gasteiger partial charge in [-0.25, -0.2) is 9.97 Å². The van der Waals surface area contributed by atoms with Gasteiger partial charge in [0.15, 0.2) is 5.82 Å². The van der Waals surface area contributed by atoms with Crippen LogP contribution in [0.25, 0.3) is 0 Å². The molecule has 0 bridgehead atoms. The fourth-order valence-electron chi connectivity index (χ4n) is 1.26. The van der Waals surface area contributed by atoms with E-state index in [1.54, 1.807) is 6.92 Å². The Morgan fingerprint density at radius 2 is 2.22 bits per heavy atom. The summed E-state index contributed by atoms with van der Waals surface area (Å²) in [6.45, 7) is 1.60. The second kappa shape index (κ2) is 5.05. The Morgan fingerprint density at radius 1 is 1.50 bits per heavy atom. The maximum atomic E-state index is 11.7. The quantitative estimate of drug-likeness (QED) is 0.809. The van der Waals surface area contributed by atoms with E-state index < -0.39 is 11.5 Å². The number of nitrogens with two attached hydrogens (primary N) is 1. The molecule has 7 nitrogen and oxygen atoms in total. The lowest BCUT2D eigenvalue weighted by atomic mass is 10.5. The maximum Gasteiger partial charge on any atom is 0.290 e. The first kappa shape index (κ1) is 12.4. The van der Waals surface area contributed by atoms with Gasteiger partial charge in [0.25, 0.3) is 11.5 Å². The van der Waals surface area contributed by atoms with E-state index in [2.05, 4.69) is 9.97 Å². The van der Waals surface area contributed by atoms with E-state index in [-0.39, 0.29) is 11.6 Å². The molecule has 2 heterocycles. The van der Waals surface area contributed by atoms with Gasteiger partial charge in [-0.1, -0.05) is 11.8 Å². The van der Waals surface area contributed by atoms with E-state index in [0.717, 1.165) is 16.5 Å². The van der Waals surface area contributed by atoms with Crippen molar-refractivity contribution in [2.45, 2.75) is 11.9 Å². The molecule has 0 aliphatic heterocycles. The number of anilines is 1. The highest BCUT2D eigenvalue weighted by Crippen LogP contribution is 2.19. The highest BCUT2D eigenvalue weighted by molar-refractivity contribution is 8.00. The molecule has 2 aromatic rings. The van der Waals surface area contributed by atoms with Crippen LogP contribution in [-0.4, -0.2) is 26.4 Å². The standard InChI is InChI=1S/C10H10N4O3S/c1-6-4-7(15)14(17-6)8(16)5-18-10-9(11)12-2-3-13-10/h2-4H,5H2,1H3,(H2,11,12). The monoisotopic (exact) mass is 266 g/mol. The van der Waals surface area contributed by atoms with Gasteiger partial charge in [-0.2, -0.15) is 0 Å². The lowest BCUT2D eigenvalue weighted by molar-refractivity contribution is 0.0813. The predicted octanol–water partition coefficient (Wildman–Crippen LogP) is 0.554. The molecule has 8 heteroatoms. The van der Waals surface area contributed by atoms with Crippen LogP contribution < -0.4 is 11.3 Å². The van der Waals surface area contributed by atoms with Gasteiger partial charge in [-0.05, 0) is 6.92 Å². The molecule has 2 rings (SSSR count). The minimum Gasteiger partial charge on any atom is -0.381 e. The summed E-state index contributed by atoms with van der Waals surface area (Å²) < 4.78 is 5.69. The number of carbonyl (C=O) groups excluding carboxylic acids is 1. The zero-order chi connectivity index (χ0) is 13.1. The lowest BCUT2D eigenvalue weighted by Gasteiger charge is -2.01. The van der Waals surface area contributed by atoms with Crippen LogP contribution in [0.3, 0.4) is 0 Å². The number of thioether (sulfide) groups is 1. The number of rotatable bonds is 3. The summed E-state index contributed by atoms with van der Waals surface area (Å²) in [5.74, 6) is 0.161. The second-order valence-electron chi connectivity index (χ2n) is 3.41. The summed E-state index contributed by atoms with van der Waals surface area (Å²) in [6, 6.07) is 1.25. The van der Waals surface area contributed by atoms with Gasteiger partial charge in [0.2, 0.25) is 0 Å². The third kappa shape index (κ3) is 2.59. The molecule has 0 aliphatic carbocycles. The molecule has 94 valence electrons. The minimum atomic E-state index is -0.481. The average Bonchev–Trinajstić information content (AvgIpc) is 2.67. The highest BCUT2D eigenvalue weighted by Gasteiger charge is 2.13. The first-order valence-electron chi connectivity index (χ1n) is 5.00. The molecule has 0 fully saturated rings. The van der Waals surface area contributed by atoms with Crippen LogP contribution in [-0.2, 0) is 0 Å². The number of nitrogens with zero attached hydrogens (tertiary/aromatic N) is 3. The summed E-state index contributed by atoms with van der Waals surface area (Å²) in [5, 5.41) is 0.446. The van der Waals surface area contributed by atoms with Gasteiger partial charge < -0.3 is 10.3 Å². The van der Waals surface area contributed by atoms with Crippen molar-refractivity contribution >= 4 is 23.5 Å². The normalized spacial score (nSPS) is 10.5. The third-order valence-electron chi connectivity index (χ3n) is 2.01. The molecule has 0 atom stereocenters. The third-order valence-corrected chi connectivity index (χ3v) is 2.99. The maximum absolute atomic E-state index is 11.7. The van der Waals surface area contributed by atoms with Crippen LogP contribution in [0.15, 0.2) is 32.8 Å². The van der Waals surface area contributed by atoms with E-state index in [4.69, 9.17) is 10.3 Å². The fourth-order valence-corrected chi connectivity index (χ4v) is 1.97. The number of aryl methyl sites for hydroxylation is 1. The predicted molar refractivity (Wildman–Crippen MR) is 65.5 cm³/mol. The van der Waals surface area contributed by atoms with E-state index in [9.17, 15) is 9.59 Å². The van der Waals surface area contributed by atoms with Gasteiger partial charge in [-0.15, -0.1) is 4.74 Å². The lowest BCUT2D eigenvalue weighted by Crippen LogP contribution is -2.23. The van der Waals surface area contributed by atoms with Crippen LogP contribution in [0, 0.1) is 6.92 Å². The summed E-state index contributed by atoms with van der Waals surface area (Å²) >= 11 is 1.10. The summed E-state index contributed by atoms with van der Waals surface area (Å²) in [6.07, 6.45) is 2.94. The van der Waals surface area contributed by atoms with E-state index in [0.29, 0.717) is 10.8 Å². The highest BCUT2D eigenvalue weighted by atomic mass is 32.2. The topological polar surface area (TPSA) is 104 Å². The van der Waals surface area contributed by atoms with Gasteiger partial charge in [0, 0.05) is 18.5 Å². The Balaban J connectivity index is 2.08. The van der Waals surface area contributed by atoms with Crippen LogP contribution in [0.1, 0.15) is 10.6 Å². The largest absolute Gasteiger partial charge is 0.381 e. The number of nitrogen functional groups attached to an aromatic ring is 1. The van der Waals surface area contributed by atoms with Crippen LogP contribution in [0.2, 0.25) is 0 Å². The van der Waals surface area contributed by atoms with E-state index in [1.807, 2.05) is 0 Å². The molecule has 0 saturated heterocycles. The SMILES string of the molecule is Cc1cc(=O)n(C(=O)CSc2nccnc2N)o1. The van der Waals surface area contributed by atoms with Crippen LogP contribution >= 0.6 is 11.8 Å². The molecular formula is C10H10N4O3S. The Kier molecular flexibility index (Phi) is 3.47. The smallest absolute Gasteiger partial charge is 0.290 e. The van der Waals surface area contributed by atoms with Gasteiger partial charge >= 0.3 is 0 Å². The minimum absolute atomic E-state index is 0.00421. The zero-order valence-electron chi connectivity index (χ0n) is 9.49.